The Morgan fingerprint density at radius 1 is 1.11 bits per heavy atom. The number of aromatic carboxylic acids is 1. The average molecular weight is 623 g/mol. The summed E-state index contributed by atoms with van der Waals surface area (Å²) in [5.41, 5.74) is 4.68. The zero-order valence-electron chi connectivity index (χ0n) is 25.8. The highest BCUT2D eigenvalue weighted by atomic mass is 19.1. The van der Waals surface area contributed by atoms with Gasteiger partial charge in [0.25, 0.3) is 0 Å². The van der Waals surface area contributed by atoms with Gasteiger partial charge in [-0.05, 0) is 68.0 Å². The van der Waals surface area contributed by atoms with Gasteiger partial charge >= 0.3 is 5.97 Å². The van der Waals surface area contributed by atoms with Crippen molar-refractivity contribution >= 4 is 17.0 Å². The van der Waals surface area contributed by atoms with Crippen LogP contribution in [0.1, 0.15) is 64.6 Å². The molecule has 6 rings (SSSR count). The number of imidazole rings is 1. The molecule has 0 radical (unpaired) electrons. The number of methoxy groups -OCH3 is 1. The van der Waals surface area contributed by atoms with Crippen molar-refractivity contribution in [2.75, 3.05) is 13.7 Å². The van der Waals surface area contributed by atoms with Crippen LogP contribution in [-0.2, 0) is 31.4 Å². The fourth-order valence-electron chi connectivity index (χ4n) is 6.28. The number of fused-ring (bicyclic) bond motifs is 1. The molecule has 0 amide bonds. The van der Waals surface area contributed by atoms with Crippen molar-refractivity contribution in [3.8, 4) is 23.2 Å². The van der Waals surface area contributed by atoms with Gasteiger partial charge < -0.3 is 19.1 Å². The third kappa shape index (κ3) is 6.62. The molecule has 3 aromatic heterocycles. The van der Waals surface area contributed by atoms with Crippen molar-refractivity contribution in [3.63, 3.8) is 0 Å². The summed E-state index contributed by atoms with van der Waals surface area (Å²) in [5.74, 6) is 0.582. The molecular formula is C35H35FN6O4. The van der Waals surface area contributed by atoms with Crippen LogP contribution in [0.25, 0.3) is 22.3 Å². The molecule has 1 aliphatic carbocycles. The molecule has 2 aromatic carbocycles. The molecule has 1 fully saturated rings. The first-order valence-corrected chi connectivity index (χ1v) is 15.4. The topological polar surface area (TPSA) is 128 Å². The molecule has 10 nitrogen and oxygen atoms in total. The van der Waals surface area contributed by atoms with Gasteiger partial charge in [0.05, 0.1) is 40.5 Å². The van der Waals surface area contributed by atoms with Crippen molar-refractivity contribution in [1.82, 2.24) is 24.3 Å². The lowest BCUT2D eigenvalue weighted by Crippen LogP contribution is -2.19. The summed E-state index contributed by atoms with van der Waals surface area (Å²) in [6, 6.07) is 17.2. The number of hydrogen-bond acceptors (Lipinski definition) is 7. The summed E-state index contributed by atoms with van der Waals surface area (Å²) < 4.78 is 29.3. The highest BCUT2D eigenvalue weighted by Gasteiger charge is 2.27. The van der Waals surface area contributed by atoms with Gasteiger partial charge in [0, 0.05) is 62.1 Å². The second-order valence-electron chi connectivity index (χ2n) is 11.8. The van der Waals surface area contributed by atoms with E-state index in [1.165, 1.54) is 6.07 Å². The van der Waals surface area contributed by atoms with E-state index in [1.54, 1.807) is 42.1 Å². The van der Waals surface area contributed by atoms with E-state index < -0.39 is 11.8 Å². The van der Waals surface area contributed by atoms with E-state index in [9.17, 15) is 14.3 Å². The summed E-state index contributed by atoms with van der Waals surface area (Å²) in [5, 5.41) is 23.4. The zero-order chi connectivity index (χ0) is 32.2. The monoisotopic (exact) mass is 622 g/mol. The number of benzene rings is 2. The van der Waals surface area contributed by atoms with Crippen LogP contribution in [0, 0.1) is 23.1 Å². The third-order valence-electron chi connectivity index (χ3n) is 8.73. The second-order valence-corrected chi connectivity index (χ2v) is 11.8. The largest absolute Gasteiger partial charge is 0.478 e. The number of rotatable bonds is 11. The predicted molar refractivity (Wildman–Crippen MR) is 169 cm³/mol. The maximum atomic E-state index is 14.3. The highest BCUT2D eigenvalue weighted by molar-refractivity contribution is 5.99. The summed E-state index contributed by atoms with van der Waals surface area (Å²) in [7, 11) is 3.49. The number of nitrogens with zero attached hydrogens (tertiary/aromatic N) is 6. The minimum absolute atomic E-state index is 0.0286. The minimum atomic E-state index is -0.997. The Hall–Kier alpha value is -5.08. The van der Waals surface area contributed by atoms with Crippen molar-refractivity contribution in [3.05, 3.63) is 94.8 Å². The van der Waals surface area contributed by atoms with Crippen molar-refractivity contribution < 1.29 is 23.8 Å². The van der Waals surface area contributed by atoms with Gasteiger partial charge in [0.1, 0.15) is 18.2 Å². The average Bonchev–Trinajstić information content (AvgIpc) is 3.65. The minimum Gasteiger partial charge on any atom is -0.478 e. The number of pyridine rings is 1. The highest BCUT2D eigenvalue weighted by Crippen LogP contribution is 2.38. The summed E-state index contributed by atoms with van der Waals surface area (Å²) in [6.45, 7) is 1.07. The molecule has 0 unspecified atom stereocenters. The zero-order valence-corrected chi connectivity index (χ0v) is 25.8. The quantitative estimate of drug-likeness (QED) is 0.182. The number of hydrogen-bond donors (Lipinski definition) is 1. The molecule has 1 saturated carbocycles. The van der Waals surface area contributed by atoms with Crippen LogP contribution in [0.2, 0.25) is 0 Å². The van der Waals surface area contributed by atoms with Crippen LogP contribution in [0.5, 0.6) is 5.88 Å². The van der Waals surface area contributed by atoms with E-state index >= 15 is 0 Å². The Bertz CT molecular complexity index is 1920. The number of nitriles is 1. The molecule has 0 aliphatic heterocycles. The molecular weight excluding hydrogens is 587 g/mol. The first-order valence-electron chi connectivity index (χ1n) is 15.4. The van der Waals surface area contributed by atoms with Crippen molar-refractivity contribution in [1.29, 1.82) is 5.26 Å². The van der Waals surface area contributed by atoms with Gasteiger partial charge in [-0.1, -0.05) is 12.1 Å². The Labute approximate surface area is 266 Å². The molecule has 0 spiro atoms. The van der Waals surface area contributed by atoms with E-state index in [1.807, 2.05) is 37.5 Å². The maximum Gasteiger partial charge on any atom is 0.335 e. The number of ether oxygens (including phenoxy) is 2. The first kappa shape index (κ1) is 30.9. The fourth-order valence-corrected chi connectivity index (χ4v) is 6.28. The van der Waals surface area contributed by atoms with E-state index in [2.05, 4.69) is 9.67 Å². The lowest BCUT2D eigenvalue weighted by atomic mass is 9.79. The summed E-state index contributed by atoms with van der Waals surface area (Å²) in [4.78, 5) is 21.9. The molecule has 11 heteroatoms. The molecule has 236 valence electrons. The smallest absolute Gasteiger partial charge is 0.335 e. The molecule has 5 aromatic rings. The Morgan fingerprint density at radius 2 is 1.93 bits per heavy atom. The van der Waals surface area contributed by atoms with Crippen LogP contribution in [0.4, 0.5) is 4.39 Å². The molecule has 0 bridgehead atoms. The van der Waals surface area contributed by atoms with Crippen LogP contribution in [-0.4, -0.2) is 49.1 Å². The van der Waals surface area contributed by atoms with Gasteiger partial charge in [-0.3, -0.25) is 4.68 Å². The van der Waals surface area contributed by atoms with E-state index in [-0.39, 0.29) is 23.7 Å². The Morgan fingerprint density at radius 3 is 2.63 bits per heavy atom. The molecule has 0 atom stereocenters. The number of aromatic nitrogens is 5. The van der Waals surface area contributed by atoms with Gasteiger partial charge in [0.15, 0.2) is 0 Å². The van der Waals surface area contributed by atoms with Gasteiger partial charge in [0.2, 0.25) is 5.88 Å². The van der Waals surface area contributed by atoms with Crippen LogP contribution in [0.15, 0.2) is 60.8 Å². The SMILES string of the molecule is COCCn1c(C[C@H]2CC[C@@H](c3cccc(OCc4ccc(C#N)cc4F)n3)CC2)nc2c(-c3ccn(C)n3)cc(C(=O)O)cc21. The third-order valence-corrected chi connectivity index (χ3v) is 8.73. The molecule has 1 N–H and O–H groups in total. The number of carboxylic acid groups (broad SMARTS) is 1. The van der Waals surface area contributed by atoms with Crippen molar-refractivity contribution in [2.24, 2.45) is 13.0 Å². The van der Waals surface area contributed by atoms with Gasteiger partial charge in [-0.15, -0.1) is 0 Å². The molecule has 0 saturated heterocycles. The normalized spacial score (nSPS) is 16.4. The molecule has 3 heterocycles. The van der Waals surface area contributed by atoms with Gasteiger partial charge in [-0.25, -0.2) is 19.2 Å². The van der Waals surface area contributed by atoms with Crippen LogP contribution in [0.3, 0.4) is 0 Å². The van der Waals surface area contributed by atoms with E-state index in [0.717, 1.165) is 54.7 Å². The van der Waals surface area contributed by atoms with E-state index in [4.69, 9.17) is 24.7 Å². The number of halogens is 1. The van der Waals surface area contributed by atoms with Crippen molar-refractivity contribution in [2.45, 2.75) is 51.2 Å². The number of carbonyl (C=O) groups is 1. The molecule has 1 aliphatic rings. The molecule has 46 heavy (non-hydrogen) atoms. The van der Waals surface area contributed by atoms with Crippen LogP contribution >= 0.6 is 0 Å². The lowest BCUT2D eigenvalue weighted by Gasteiger charge is -2.28. The van der Waals surface area contributed by atoms with Crippen LogP contribution < -0.4 is 4.74 Å². The van der Waals surface area contributed by atoms with Gasteiger partial charge in [-0.2, -0.15) is 10.4 Å². The summed E-state index contributed by atoms with van der Waals surface area (Å²) >= 11 is 0. The first-order chi connectivity index (χ1) is 22.3. The fraction of sp³-hybridized carbons (Fsp3) is 0.343. The standard InChI is InChI=1S/C35H35FN6O4/c1-41-13-12-30(40-41)27-18-26(35(43)44)19-31-34(27)39-32(42(31)14-15-45-2)17-22-6-9-24(10-7-22)29-4-3-5-33(38-29)46-21-25-11-8-23(20-37)16-28(25)36/h3-5,8,11-13,16,18-19,22,24H,6-7,9-10,14-15,17,21H2,1-2H3,(H,43,44)/t22-,24+. The lowest BCUT2D eigenvalue weighted by molar-refractivity contribution is 0.0697. The summed E-state index contributed by atoms with van der Waals surface area (Å²) in [6.07, 6.45) is 6.52. The Kier molecular flexibility index (Phi) is 9.08. The predicted octanol–water partition coefficient (Wildman–Crippen LogP) is 6.28. The number of aryl methyl sites for hydroxylation is 1. The second kappa shape index (κ2) is 13.5. The number of carboxylic acids is 1. The Balaban J connectivity index is 1.17. The van der Waals surface area contributed by atoms with E-state index in [0.29, 0.717) is 41.8 Å². The maximum absolute atomic E-state index is 14.3.